The molecule has 3 heterocycles. The molecule has 1 atom stereocenters. The number of hydrogen-bond acceptors (Lipinski definition) is 4. The van der Waals surface area contributed by atoms with Crippen LogP contribution >= 0.6 is 22.7 Å². The molecule has 1 N–H and O–H groups in total. The fraction of sp³-hybridized carbons (Fsp3) is 0.545. The van der Waals surface area contributed by atoms with Gasteiger partial charge >= 0.3 is 0 Å². The lowest BCUT2D eigenvalue weighted by Gasteiger charge is -2.21. The van der Waals surface area contributed by atoms with Crippen LogP contribution in [0.15, 0.2) is 23.6 Å². The van der Waals surface area contributed by atoms with Gasteiger partial charge in [0.25, 0.3) is 5.91 Å². The van der Waals surface area contributed by atoms with Gasteiger partial charge in [-0.1, -0.05) is 18.9 Å². The van der Waals surface area contributed by atoms with Gasteiger partial charge in [-0.15, -0.1) is 22.7 Å². The number of nitrogens with one attached hydrogen (secondary N) is 1. The predicted octanol–water partition coefficient (Wildman–Crippen LogP) is 4.29. The van der Waals surface area contributed by atoms with Gasteiger partial charge in [0, 0.05) is 35.3 Å². The Morgan fingerprint density at radius 1 is 1.18 bits per heavy atom. The van der Waals surface area contributed by atoms with Crippen molar-refractivity contribution in [3.05, 3.63) is 43.8 Å². The summed E-state index contributed by atoms with van der Waals surface area (Å²) in [4.78, 5) is 31.0. The minimum Gasteiger partial charge on any atom is -0.355 e. The number of amides is 2. The fourth-order valence-electron chi connectivity index (χ4n) is 4.19. The first-order chi connectivity index (χ1) is 13.7. The lowest BCUT2D eigenvalue weighted by molar-refractivity contribution is -0.125. The van der Waals surface area contributed by atoms with Crippen molar-refractivity contribution in [3.8, 4) is 0 Å². The van der Waals surface area contributed by atoms with Crippen molar-refractivity contribution < 1.29 is 9.59 Å². The zero-order valence-electron chi connectivity index (χ0n) is 16.2. The molecule has 0 spiro atoms. The Kier molecular flexibility index (Phi) is 6.47. The quantitative estimate of drug-likeness (QED) is 0.790. The molecule has 4 rings (SSSR count). The summed E-state index contributed by atoms with van der Waals surface area (Å²) in [6, 6.07) is 6.22. The number of thiophene rings is 2. The van der Waals surface area contributed by atoms with Crippen molar-refractivity contribution in [1.29, 1.82) is 0 Å². The highest BCUT2D eigenvalue weighted by Crippen LogP contribution is 2.33. The highest BCUT2D eigenvalue weighted by atomic mass is 32.1. The minimum absolute atomic E-state index is 0.0339. The summed E-state index contributed by atoms with van der Waals surface area (Å²) >= 11 is 3.39. The van der Waals surface area contributed by atoms with E-state index in [0.29, 0.717) is 6.54 Å². The summed E-state index contributed by atoms with van der Waals surface area (Å²) in [5.41, 5.74) is 1.22. The first-order valence-electron chi connectivity index (χ1n) is 10.4. The summed E-state index contributed by atoms with van der Waals surface area (Å²) in [6.07, 6.45) is 8.15. The van der Waals surface area contributed by atoms with Gasteiger partial charge in [-0.2, -0.15) is 0 Å². The van der Waals surface area contributed by atoms with Crippen LogP contribution in [0.25, 0.3) is 0 Å². The molecule has 4 nitrogen and oxygen atoms in total. The molecular formula is C22H28N2O2S2. The summed E-state index contributed by atoms with van der Waals surface area (Å²) < 4.78 is 0. The molecule has 0 aromatic carbocycles. The van der Waals surface area contributed by atoms with Crippen LogP contribution in [0.3, 0.4) is 0 Å². The van der Waals surface area contributed by atoms with E-state index in [-0.39, 0.29) is 17.7 Å². The van der Waals surface area contributed by atoms with E-state index in [9.17, 15) is 9.59 Å². The molecule has 1 saturated heterocycles. The second-order valence-corrected chi connectivity index (χ2v) is 9.99. The number of rotatable bonds is 5. The highest BCUT2D eigenvalue weighted by molar-refractivity contribution is 7.14. The number of nitrogens with zero attached hydrogens (tertiary/aromatic N) is 1. The van der Waals surface area contributed by atoms with Gasteiger partial charge in [0.1, 0.15) is 0 Å². The number of aryl methyl sites for hydroxylation is 1. The standard InChI is InChI=1S/C22H28N2O2S2/c25-21(23-10-9-18-6-5-13-27-18)16-7-8-19-17(14-16)15-20(28-19)22(26)24-11-3-1-2-4-12-24/h5-6,13,15-16H,1-4,7-12,14H2,(H,23,25)/t16-/m0/s1. The van der Waals surface area contributed by atoms with E-state index in [4.69, 9.17) is 0 Å². The summed E-state index contributed by atoms with van der Waals surface area (Å²) in [5.74, 6) is 0.388. The van der Waals surface area contributed by atoms with Gasteiger partial charge in [-0.05, 0) is 61.6 Å². The molecule has 0 saturated carbocycles. The van der Waals surface area contributed by atoms with Crippen molar-refractivity contribution >= 4 is 34.5 Å². The van der Waals surface area contributed by atoms with Gasteiger partial charge in [-0.3, -0.25) is 9.59 Å². The van der Waals surface area contributed by atoms with E-state index in [1.165, 1.54) is 28.2 Å². The van der Waals surface area contributed by atoms with Gasteiger partial charge in [0.05, 0.1) is 4.88 Å². The average molecular weight is 417 g/mol. The molecule has 2 amide bonds. The zero-order valence-corrected chi connectivity index (χ0v) is 17.9. The van der Waals surface area contributed by atoms with E-state index in [0.717, 1.165) is 56.5 Å². The van der Waals surface area contributed by atoms with E-state index >= 15 is 0 Å². The Labute approximate surface area is 174 Å². The maximum atomic E-state index is 12.9. The third kappa shape index (κ3) is 4.66. The topological polar surface area (TPSA) is 49.4 Å². The molecule has 0 radical (unpaired) electrons. The fourth-order valence-corrected chi connectivity index (χ4v) is 6.08. The van der Waals surface area contributed by atoms with Crippen molar-refractivity contribution in [2.45, 2.75) is 51.4 Å². The molecular weight excluding hydrogens is 388 g/mol. The van der Waals surface area contributed by atoms with E-state index in [2.05, 4.69) is 22.8 Å². The zero-order chi connectivity index (χ0) is 19.3. The molecule has 28 heavy (non-hydrogen) atoms. The molecule has 1 aliphatic carbocycles. The van der Waals surface area contributed by atoms with Crippen molar-refractivity contribution in [2.24, 2.45) is 5.92 Å². The van der Waals surface area contributed by atoms with Crippen molar-refractivity contribution in [1.82, 2.24) is 10.2 Å². The number of fused-ring (bicyclic) bond motifs is 1. The second-order valence-electron chi connectivity index (χ2n) is 7.83. The van der Waals surface area contributed by atoms with Crippen molar-refractivity contribution in [2.75, 3.05) is 19.6 Å². The number of carbonyl (C=O) groups is 2. The van der Waals surface area contributed by atoms with Crippen LogP contribution in [0.4, 0.5) is 0 Å². The lowest BCUT2D eigenvalue weighted by Crippen LogP contribution is -2.34. The predicted molar refractivity (Wildman–Crippen MR) is 115 cm³/mol. The largest absolute Gasteiger partial charge is 0.355 e. The number of likely N-dealkylation sites (tertiary alicyclic amines) is 1. The highest BCUT2D eigenvalue weighted by Gasteiger charge is 2.28. The Hall–Kier alpha value is -1.66. The third-order valence-corrected chi connectivity index (χ3v) is 7.97. The van der Waals surface area contributed by atoms with E-state index in [1.54, 1.807) is 22.7 Å². The van der Waals surface area contributed by atoms with Crippen LogP contribution in [0.2, 0.25) is 0 Å². The van der Waals surface area contributed by atoms with Gasteiger partial charge in [0.2, 0.25) is 5.91 Å². The van der Waals surface area contributed by atoms with Gasteiger partial charge < -0.3 is 10.2 Å². The molecule has 2 aromatic rings. The molecule has 6 heteroatoms. The van der Waals surface area contributed by atoms with Crippen molar-refractivity contribution in [3.63, 3.8) is 0 Å². The van der Waals surface area contributed by atoms with Crippen LogP contribution in [0, 0.1) is 5.92 Å². The number of carbonyl (C=O) groups excluding carboxylic acids is 2. The molecule has 2 aliphatic rings. The monoisotopic (exact) mass is 416 g/mol. The summed E-state index contributed by atoms with van der Waals surface area (Å²) in [5, 5.41) is 5.18. The summed E-state index contributed by atoms with van der Waals surface area (Å²) in [7, 11) is 0. The van der Waals surface area contributed by atoms with E-state index in [1.807, 2.05) is 11.0 Å². The molecule has 150 valence electrons. The first kappa shape index (κ1) is 19.6. The Bertz CT molecular complexity index is 805. The van der Waals surface area contributed by atoms with Crippen LogP contribution in [-0.4, -0.2) is 36.3 Å². The number of hydrogen-bond donors (Lipinski definition) is 1. The van der Waals surface area contributed by atoms with Gasteiger partial charge in [0.15, 0.2) is 0 Å². The summed E-state index contributed by atoms with van der Waals surface area (Å²) in [6.45, 7) is 2.47. The maximum absolute atomic E-state index is 12.9. The smallest absolute Gasteiger partial charge is 0.263 e. The Morgan fingerprint density at radius 3 is 2.75 bits per heavy atom. The third-order valence-electron chi connectivity index (χ3n) is 5.81. The first-order valence-corrected chi connectivity index (χ1v) is 12.1. The normalized spacial score (nSPS) is 19.7. The molecule has 2 aromatic heterocycles. The molecule has 0 bridgehead atoms. The van der Waals surface area contributed by atoms with Crippen LogP contribution in [0.1, 0.15) is 57.1 Å². The van der Waals surface area contributed by atoms with Crippen LogP contribution < -0.4 is 5.32 Å². The second kappa shape index (κ2) is 9.23. The molecule has 0 unspecified atom stereocenters. The molecule has 1 fully saturated rings. The Balaban J connectivity index is 1.33. The van der Waals surface area contributed by atoms with Crippen LogP contribution in [-0.2, 0) is 24.1 Å². The molecule has 1 aliphatic heterocycles. The van der Waals surface area contributed by atoms with Gasteiger partial charge in [-0.25, -0.2) is 0 Å². The average Bonchev–Trinajstić information content (AvgIpc) is 3.29. The lowest BCUT2D eigenvalue weighted by atomic mass is 9.87. The van der Waals surface area contributed by atoms with Crippen LogP contribution in [0.5, 0.6) is 0 Å². The minimum atomic E-state index is 0.0339. The Morgan fingerprint density at radius 2 is 2.00 bits per heavy atom. The maximum Gasteiger partial charge on any atom is 0.263 e. The SMILES string of the molecule is O=C(NCCc1cccs1)[C@H]1CCc2sc(C(=O)N3CCCCCC3)cc2C1. The van der Waals surface area contributed by atoms with E-state index < -0.39 is 0 Å².